The van der Waals surface area contributed by atoms with E-state index >= 15 is 0 Å². The average molecular weight is 323 g/mol. The Hall–Kier alpha value is -0.520. The van der Waals surface area contributed by atoms with Crippen LogP contribution in [0.1, 0.15) is 13.8 Å². The largest absolute Gasteiger partial charge is 0.464 e. The van der Waals surface area contributed by atoms with Crippen LogP contribution in [0.5, 0.6) is 5.75 Å². The van der Waals surface area contributed by atoms with Crippen LogP contribution in [-0.4, -0.2) is 39.3 Å². The highest BCUT2D eigenvalue weighted by Gasteiger charge is 2.08. The van der Waals surface area contributed by atoms with E-state index in [1.807, 2.05) is 6.92 Å². The van der Waals surface area contributed by atoms with Gasteiger partial charge in [0, 0.05) is 11.6 Å². The molecule has 0 radical (unpaired) electrons. The third-order valence-electron chi connectivity index (χ3n) is 2.34. The van der Waals surface area contributed by atoms with E-state index in [1.54, 1.807) is 25.1 Å². The first-order valence-electron chi connectivity index (χ1n) is 6.52. The van der Waals surface area contributed by atoms with E-state index in [2.05, 4.69) is 0 Å². The molecule has 1 aromatic rings. The Morgan fingerprint density at radius 2 is 1.75 bits per heavy atom. The van der Waals surface area contributed by atoms with Gasteiger partial charge in [-0.3, -0.25) is 0 Å². The lowest BCUT2D eigenvalue weighted by molar-refractivity contribution is -0.0858. The fourth-order valence-corrected chi connectivity index (χ4v) is 1.87. The minimum absolute atomic E-state index is 0.413. The summed E-state index contributed by atoms with van der Waals surface area (Å²) in [7, 11) is 0. The van der Waals surface area contributed by atoms with Crippen molar-refractivity contribution in [2.24, 2.45) is 0 Å². The highest BCUT2D eigenvalue weighted by Crippen LogP contribution is 2.28. The van der Waals surface area contributed by atoms with Crippen LogP contribution in [-0.2, 0) is 14.2 Å². The summed E-state index contributed by atoms with van der Waals surface area (Å²) in [5.74, 6) is 0.542. The average Bonchev–Trinajstić information content (AvgIpc) is 2.41. The predicted octanol–water partition coefficient (Wildman–Crippen LogP) is 3.79. The molecule has 1 aromatic carbocycles. The minimum atomic E-state index is -0.413. The van der Waals surface area contributed by atoms with Crippen LogP contribution in [0.25, 0.3) is 0 Å². The molecule has 0 spiro atoms. The molecule has 1 rings (SSSR count). The molecule has 0 aromatic heterocycles. The van der Waals surface area contributed by atoms with Crippen LogP contribution >= 0.6 is 23.2 Å². The summed E-state index contributed by atoms with van der Waals surface area (Å²) in [6.07, 6.45) is -0.413. The van der Waals surface area contributed by atoms with Gasteiger partial charge >= 0.3 is 0 Å². The van der Waals surface area contributed by atoms with E-state index in [4.69, 9.17) is 42.1 Å². The van der Waals surface area contributed by atoms with Crippen LogP contribution in [0, 0.1) is 0 Å². The van der Waals surface area contributed by atoms with E-state index in [-0.39, 0.29) is 0 Å². The topological polar surface area (TPSA) is 36.9 Å². The Bertz CT molecular complexity index is 387. The lowest BCUT2D eigenvalue weighted by Crippen LogP contribution is -2.19. The standard InChI is InChI=1S/C14H20Cl2O4/c1-3-17-6-7-18-8-9-19-11(2)20-14-5-4-12(15)10-13(14)16/h4-5,10-11H,3,6-9H2,1-2H3. The van der Waals surface area contributed by atoms with Crippen molar-refractivity contribution in [1.82, 2.24) is 0 Å². The summed E-state index contributed by atoms with van der Waals surface area (Å²) in [6.45, 7) is 6.55. The van der Waals surface area contributed by atoms with Crippen molar-refractivity contribution in [2.45, 2.75) is 20.1 Å². The van der Waals surface area contributed by atoms with Gasteiger partial charge in [0.25, 0.3) is 0 Å². The molecule has 6 heteroatoms. The highest BCUT2D eigenvalue weighted by molar-refractivity contribution is 6.35. The van der Waals surface area contributed by atoms with E-state index in [0.29, 0.717) is 48.8 Å². The molecule has 20 heavy (non-hydrogen) atoms. The maximum atomic E-state index is 6.00. The molecule has 4 nitrogen and oxygen atoms in total. The molecule has 0 saturated heterocycles. The van der Waals surface area contributed by atoms with Crippen molar-refractivity contribution in [2.75, 3.05) is 33.0 Å². The summed E-state index contributed by atoms with van der Waals surface area (Å²) in [5.41, 5.74) is 0. The van der Waals surface area contributed by atoms with E-state index in [1.165, 1.54) is 0 Å². The molecule has 0 amide bonds. The number of halogens is 2. The number of hydrogen-bond donors (Lipinski definition) is 0. The van der Waals surface area contributed by atoms with E-state index < -0.39 is 6.29 Å². The molecular weight excluding hydrogens is 303 g/mol. The van der Waals surface area contributed by atoms with Crippen molar-refractivity contribution in [3.8, 4) is 5.75 Å². The summed E-state index contributed by atoms with van der Waals surface area (Å²) in [5, 5.41) is 1.03. The molecule has 0 aliphatic heterocycles. The van der Waals surface area contributed by atoms with Crippen LogP contribution in [0.15, 0.2) is 18.2 Å². The van der Waals surface area contributed by atoms with Gasteiger partial charge < -0.3 is 18.9 Å². The number of rotatable bonds is 10. The van der Waals surface area contributed by atoms with Gasteiger partial charge in [0.15, 0.2) is 6.29 Å². The number of benzene rings is 1. The summed E-state index contributed by atoms with van der Waals surface area (Å²) in [6, 6.07) is 5.05. The van der Waals surface area contributed by atoms with Crippen molar-refractivity contribution >= 4 is 23.2 Å². The van der Waals surface area contributed by atoms with Gasteiger partial charge in [0.05, 0.1) is 31.5 Å². The molecule has 0 aliphatic carbocycles. The quantitative estimate of drug-likeness (QED) is 0.485. The predicted molar refractivity (Wildman–Crippen MR) is 79.8 cm³/mol. The smallest absolute Gasteiger partial charge is 0.197 e. The van der Waals surface area contributed by atoms with E-state index in [9.17, 15) is 0 Å². The fourth-order valence-electron chi connectivity index (χ4n) is 1.42. The molecule has 0 N–H and O–H groups in total. The number of hydrogen-bond acceptors (Lipinski definition) is 4. The first-order valence-corrected chi connectivity index (χ1v) is 7.28. The SMILES string of the molecule is CCOCCOCCOC(C)Oc1ccc(Cl)cc1Cl. The van der Waals surface area contributed by atoms with Gasteiger partial charge in [-0.2, -0.15) is 0 Å². The lowest BCUT2D eigenvalue weighted by Gasteiger charge is -2.16. The highest BCUT2D eigenvalue weighted by atomic mass is 35.5. The Morgan fingerprint density at radius 3 is 2.45 bits per heavy atom. The molecular formula is C14H20Cl2O4. The van der Waals surface area contributed by atoms with Crippen molar-refractivity contribution in [3.05, 3.63) is 28.2 Å². The minimum Gasteiger partial charge on any atom is -0.464 e. The third-order valence-corrected chi connectivity index (χ3v) is 2.87. The second-order valence-electron chi connectivity index (χ2n) is 3.94. The maximum absolute atomic E-state index is 6.00. The first-order chi connectivity index (χ1) is 9.63. The molecule has 0 heterocycles. The van der Waals surface area contributed by atoms with Crippen molar-refractivity contribution in [1.29, 1.82) is 0 Å². The van der Waals surface area contributed by atoms with E-state index in [0.717, 1.165) is 0 Å². The van der Waals surface area contributed by atoms with Crippen molar-refractivity contribution in [3.63, 3.8) is 0 Å². The van der Waals surface area contributed by atoms with Crippen LogP contribution in [0.4, 0.5) is 0 Å². The summed E-state index contributed by atoms with van der Waals surface area (Å²) in [4.78, 5) is 0. The normalized spacial score (nSPS) is 12.4. The summed E-state index contributed by atoms with van der Waals surface area (Å²) >= 11 is 11.8. The zero-order valence-electron chi connectivity index (χ0n) is 11.7. The molecule has 0 fully saturated rings. The molecule has 0 saturated carbocycles. The number of ether oxygens (including phenoxy) is 4. The molecule has 1 unspecified atom stereocenters. The Kier molecular flexibility index (Phi) is 8.98. The molecule has 0 aliphatic rings. The Balaban J connectivity index is 2.15. The first kappa shape index (κ1) is 17.5. The molecule has 114 valence electrons. The second kappa shape index (κ2) is 10.2. The van der Waals surface area contributed by atoms with Gasteiger partial charge in [0.1, 0.15) is 5.75 Å². The third kappa shape index (κ3) is 7.31. The van der Waals surface area contributed by atoms with Crippen LogP contribution in [0.3, 0.4) is 0 Å². The zero-order chi connectivity index (χ0) is 14.8. The maximum Gasteiger partial charge on any atom is 0.197 e. The van der Waals surface area contributed by atoms with Gasteiger partial charge in [-0.05, 0) is 32.0 Å². The fraction of sp³-hybridized carbons (Fsp3) is 0.571. The zero-order valence-corrected chi connectivity index (χ0v) is 13.2. The van der Waals surface area contributed by atoms with Gasteiger partial charge in [-0.1, -0.05) is 23.2 Å². The van der Waals surface area contributed by atoms with Gasteiger partial charge in [0.2, 0.25) is 0 Å². The molecule has 1 atom stereocenters. The summed E-state index contributed by atoms with van der Waals surface area (Å²) < 4.78 is 21.5. The Morgan fingerprint density at radius 1 is 1.05 bits per heavy atom. The molecule has 0 bridgehead atoms. The lowest BCUT2D eigenvalue weighted by atomic mass is 10.3. The van der Waals surface area contributed by atoms with Gasteiger partial charge in [-0.25, -0.2) is 0 Å². The van der Waals surface area contributed by atoms with Crippen LogP contribution < -0.4 is 4.74 Å². The van der Waals surface area contributed by atoms with Crippen molar-refractivity contribution < 1.29 is 18.9 Å². The van der Waals surface area contributed by atoms with Crippen LogP contribution in [0.2, 0.25) is 10.0 Å². The monoisotopic (exact) mass is 322 g/mol. The van der Waals surface area contributed by atoms with Gasteiger partial charge in [-0.15, -0.1) is 0 Å². The second-order valence-corrected chi connectivity index (χ2v) is 4.78. The Labute approximate surface area is 129 Å².